The molecule has 0 saturated carbocycles. The Morgan fingerprint density at radius 3 is 1.21 bits per heavy atom. The number of aliphatic imine (C=N–C) groups is 2. The zero-order valence-electron chi connectivity index (χ0n) is 22.4. The van der Waals surface area contributed by atoms with Gasteiger partial charge in [0.05, 0.1) is 12.1 Å². The summed E-state index contributed by atoms with van der Waals surface area (Å²) >= 11 is 0. The Morgan fingerprint density at radius 2 is 0.947 bits per heavy atom. The Balaban J connectivity index is 0.000000354. The van der Waals surface area contributed by atoms with Gasteiger partial charge in [0.15, 0.2) is 0 Å². The minimum absolute atomic E-state index is 0. The molecule has 0 aromatic rings. The van der Waals surface area contributed by atoms with Crippen molar-refractivity contribution in [1.29, 1.82) is 0 Å². The minimum atomic E-state index is 0. The number of rotatable bonds is 4. The molecule has 2 atom stereocenters. The van der Waals surface area contributed by atoms with E-state index in [1.54, 1.807) is 0 Å². The predicted molar refractivity (Wildman–Crippen MR) is 151 cm³/mol. The first-order valence-electron chi connectivity index (χ1n) is 12.8. The largest absolute Gasteiger partial charge is 0.475 e. The van der Waals surface area contributed by atoms with Gasteiger partial charge < -0.3 is 9.47 Å². The predicted octanol–water partition coefficient (Wildman–Crippen LogP) is 6.81. The molecule has 2 radical (unpaired) electrons. The Hall–Kier alpha value is -2.36. The van der Waals surface area contributed by atoms with Crippen LogP contribution >= 0.6 is 0 Å². The zero-order chi connectivity index (χ0) is 25.3. The molecular weight excluding hydrogens is 556 g/mol. The molecule has 0 aromatic carbocycles. The van der Waals surface area contributed by atoms with Crippen LogP contribution in [-0.2, 0) is 43.6 Å². The van der Waals surface area contributed by atoms with Crippen LogP contribution in [0.4, 0.5) is 0 Å². The van der Waals surface area contributed by atoms with Crippen LogP contribution in [0.3, 0.4) is 0 Å². The Kier molecular flexibility index (Phi) is 13.3. The van der Waals surface area contributed by atoms with Gasteiger partial charge in [-0.3, -0.25) is 0 Å². The van der Waals surface area contributed by atoms with E-state index >= 15 is 0 Å². The molecule has 38 heavy (non-hydrogen) atoms. The van der Waals surface area contributed by atoms with Crippen LogP contribution < -0.4 is 0 Å². The van der Waals surface area contributed by atoms with Gasteiger partial charge in [-0.25, -0.2) is 9.98 Å². The van der Waals surface area contributed by atoms with Gasteiger partial charge in [0, 0.05) is 58.1 Å². The second-order valence-corrected chi connectivity index (χ2v) is 9.74. The van der Waals surface area contributed by atoms with E-state index < -0.39 is 0 Å². The second kappa shape index (κ2) is 15.9. The summed E-state index contributed by atoms with van der Waals surface area (Å²) in [6.45, 7) is 10.1. The van der Waals surface area contributed by atoms with Gasteiger partial charge in [0.2, 0.25) is 11.8 Å². The molecule has 0 N–H and O–H groups in total. The summed E-state index contributed by atoms with van der Waals surface area (Å²) in [5, 5.41) is 0. The third kappa shape index (κ3) is 8.32. The van der Waals surface area contributed by atoms with Crippen LogP contribution in [0.15, 0.2) is 117 Å². The smallest absolute Gasteiger partial charge is 0.217 e. The van der Waals surface area contributed by atoms with Crippen LogP contribution in [0.1, 0.15) is 27.7 Å². The number of allylic oxidation sites excluding steroid dienone is 14. The van der Waals surface area contributed by atoms with Gasteiger partial charge in [0.25, 0.3) is 0 Å². The van der Waals surface area contributed by atoms with Gasteiger partial charge in [-0.1, -0.05) is 101 Å². The first-order chi connectivity index (χ1) is 17.5. The molecule has 4 nitrogen and oxygen atoms in total. The Labute approximate surface area is 249 Å². The van der Waals surface area contributed by atoms with E-state index in [1.165, 1.54) is 0 Å². The van der Waals surface area contributed by atoms with Crippen molar-refractivity contribution in [1.82, 2.24) is 0 Å². The number of ether oxygens (including phenoxy) is 2. The molecule has 0 saturated heterocycles. The van der Waals surface area contributed by atoms with E-state index in [-0.39, 0.29) is 46.2 Å². The van der Waals surface area contributed by atoms with Crippen molar-refractivity contribution in [2.24, 2.45) is 21.8 Å². The average molecular weight is 592 g/mol. The summed E-state index contributed by atoms with van der Waals surface area (Å²) in [4.78, 5) is 9.59. The van der Waals surface area contributed by atoms with Crippen molar-refractivity contribution in [3.63, 3.8) is 0 Å². The summed E-state index contributed by atoms with van der Waals surface area (Å²) in [6.07, 6.45) is 32.5. The summed E-state index contributed by atoms with van der Waals surface area (Å²) < 4.78 is 11.8. The molecular formula is C32H36Fe2N2O2. The van der Waals surface area contributed by atoms with E-state index in [0.29, 0.717) is 25.0 Å². The van der Waals surface area contributed by atoms with E-state index in [0.717, 1.165) is 34.1 Å². The topological polar surface area (TPSA) is 43.2 Å². The number of nitrogens with zero attached hydrogens (tertiary/aromatic N) is 2. The van der Waals surface area contributed by atoms with E-state index in [2.05, 4.69) is 64.2 Å². The summed E-state index contributed by atoms with van der Waals surface area (Å²) in [5.74, 6) is 2.47. The molecule has 0 amide bonds. The van der Waals surface area contributed by atoms with Crippen molar-refractivity contribution in [2.45, 2.75) is 39.8 Å². The molecule has 0 bridgehead atoms. The van der Waals surface area contributed by atoms with Crippen molar-refractivity contribution in [3.8, 4) is 0 Å². The van der Waals surface area contributed by atoms with Crippen LogP contribution in [0, 0.1) is 24.7 Å². The molecule has 0 fully saturated rings. The van der Waals surface area contributed by atoms with Crippen LogP contribution in [0.2, 0.25) is 0 Å². The normalized spacial score (nSPS) is 25.1. The summed E-state index contributed by atoms with van der Waals surface area (Å²) in [6, 6.07) is 0.474. The fourth-order valence-corrected chi connectivity index (χ4v) is 4.08. The number of hydrogen-bond acceptors (Lipinski definition) is 4. The number of hydrogen-bond donors (Lipinski definition) is 0. The van der Waals surface area contributed by atoms with Crippen molar-refractivity contribution < 1.29 is 43.6 Å². The maximum atomic E-state index is 5.91. The zero-order valence-corrected chi connectivity index (χ0v) is 24.6. The minimum Gasteiger partial charge on any atom is -0.475 e. The third-order valence-electron chi connectivity index (χ3n) is 6.38. The Bertz CT molecular complexity index is 1050. The molecule has 6 heteroatoms. The fraction of sp³-hybridized carbons (Fsp3) is 0.312. The average Bonchev–Trinajstić information content (AvgIpc) is 3.72. The fourth-order valence-electron chi connectivity index (χ4n) is 4.08. The van der Waals surface area contributed by atoms with Crippen LogP contribution in [0.25, 0.3) is 0 Å². The Morgan fingerprint density at radius 1 is 0.579 bits per heavy atom. The van der Waals surface area contributed by atoms with Crippen molar-refractivity contribution in [2.75, 3.05) is 13.2 Å². The van der Waals surface area contributed by atoms with Crippen molar-refractivity contribution in [3.05, 3.63) is 120 Å². The van der Waals surface area contributed by atoms with Gasteiger partial charge in [-0.2, -0.15) is 0 Å². The maximum absolute atomic E-state index is 5.91. The molecule has 202 valence electrons. The quantitative estimate of drug-likeness (QED) is 0.337. The van der Waals surface area contributed by atoms with Gasteiger partial charge in [-0.15, -0.1) is 0 Å². The molecule has 0 aromatic heterocycles. The summed E-state index contributed by atoms with van der Waals surface area (Å²) in [5.41, 5.74) is 4.37. The first kappa shape index (κ1) is 31.9. The molecule has 6 aliphatic rings. The molecule has 2 aliphatic heterocycles. The maximum Gasteiger partial charge on any atom is 0.217 e. The molecule has 6 rings (SSSR count). The van der Waals surface area contributed by atoms with Gasteiger partial charge in [0.1, 0.15) is 13.2 Å². The van der Waals surface area contributed by atoms with Crippen LogP contribution in [0.5, 0.6) is 0 Å². The van der Waals surface area contributed by atoms with Crippen LogP contribution in [-0.4, -0.2) is 37.1 Å². The monoisotopic (exact) mass is 592 g/mol. The molecule has 0 spiro atoms. The molecule has 4 aliphatic carbocycles. The molecule has 2 heterocycles. The standard InChI is InChI=1S/C22H26N2O2.2C5H5.2Fe/c1-13(2)19-11-25-21(23-19)17-9-5-7-15(17)16-8-6-10-18(16)22-24-20(12-26-22)14(3)4;2*1-2-4-5-3-1;;/h5-10,13-14,19-20H,11-12H2,1-4H3;2*1-5H;;/t19-,20-;;;;/m1..../s1. The molecule has 0 unspecified atom stereocenters. The summed E-state index contributed by atoms with van der Waals surface area (Å²) in [7, 11) is 0. The van der Waals surface area contributed by atoms with E-state index in [1.807, 2.05) is 61.4 Å². The van der Waals surface area contributed by atoms with Gasteiger partial charge in [-0.05, 0) is 35.1 Å². The van der Waals surface area contributed by atoms with E-state index in [4.69, 9.17) is 19.5 Å². The first-order valence-corrected chi connectivity index (χ1v) is 12.8. The van der Waals surface area contributed by atoms with E-state index in [9.17, 15) is 0 Å². The second-order valence-electron chi connectivity index (χ2n) is 9.74. The SMILES string of the molecule is CC(C)[C@H]1COC(C2=CC=CC2=C2C=CC=C2C2=N[C@@H](C(C)C)CO2)=N1.[CH]1C=CC=C1.[CH]1C=CC=C1.[Fe].[Fe]. The van der Waals surface area contributed by atoms with Gasteiger partial charge >= 0.3 is 0 Å². The third-order valence-corrected chi connectivity index (χ3v) is 6.38. The van der Waals surface area contributed by atoms with Crippen molar-refractivity contribution >= 4 is 11.8 Å².